The van der Waals surface area contributed by atoms with Gasteiger partial charge in [-0.15, -0.1) is 4.40 Å². The number of esters is 1. The molecule has 1 fully saturated rings. The van der Waals surface area contributed by atoms with Crippen molar-refractivity contribution in [3.05, 3.63) is 65.7 Å². The second kappa shape index (κ2) is 7.15. The molecule has 0 aliphatic carbocycles. The second-order valence-corrected chi connectivity index (χ2v) is 8.34. The number of carbonyl (C=O) groups excluding carboxylic acids is 1. The summed E-state index contributed by atoms with van der Waals surface area (Å²) in [7, 11) is -3.66. The minimum absolute atomic E-state index is 0.230. The van der Waals surface area contributed by atoms with Gasteiger partial charge in [-0.05, 0) is 30.5 Å². The maximum Gasteiger partial charge on any atom is 0.311 e. The third-order valence-electron chi connectivity index (χ3n) is 4.89. The summed E-state index contributed by atoms with van der Waals surface area (Å²) in [4.78, 5) is 14.6. The molecule has 2 aromatic rings. The van der Waals surface area contributed by atoms with Crippen molar-refractivity contribution in [3.8, 4) is 0 Å². The first-order chi connectivity index (χ1) is 13.0. The molecule has 0 spiro atoms. The number of hydrogen-bond acceptors (Lipinski definition) is 5. The molecule has 0 N–H and O–H groups in total. The van der Waals surface area contributed by atoms with Gasteiger partial charge in [0.25, 0.3) is 10.0 Å². The van der Waals surface area contributed by atoms with Gasteiger partial charge in [-0.1, -0.05) is 42.5 Å². The highest BCUT2D eigenvalue weighted by Gasteiger charge is 2.35. The lowest BCUT2D eigenvalue weighted by Crippen LogP contribution is -2.42. The summed E-state index contributed by atoms with van der Waals surface area (Å²) in [5.74, 6) is -0.106. The van der Waals surface area contributed by atoms with Crippen molar-refractivity contribution in [2.45, 2.75) is 24.3 Å². The van der Waals surface area contributed by atoms with Crippen molar-refractivity contribution in [2.24, 2.45) is 10.3 Å². The Morgan fingerprint density at radius 3 is 2.67 bits per heavy atom. The van der Waals surface area contributed by atoms with Gasteiger partial charge >= 0.3 is 5.97 Å². The lowest BCUT2D eigenvalue weighted by molar-refractivity contribution is -0.151. The molecule has 0 saturated carbocycles. The van der Waals surface area contributed by atoms with Crippen LogP contribution in [0.3, 0.4) is 0 Å². The van der Waals surface area contributed by atoms with Gasteiger partial charge in [0.15, 0.2) is 5.84 Å². The van der Waals surface area contributed by atoms with Crippen LogP contribution in [-0.2, 0) is 26.2 Å². The van der Waals surface area contributed by atoms with Gasteiger partial charge in [0.05, 0.1) is 5.92 Å². The lowest BCUT2D eigenvalue weighted by Gasteiger charge is -2.32. The predicted octanol–water partition coefficient (Wildman–Crippen LogP) is 2.59. The number of rotatable bonds is 3. The summed E-state index contributed by atoms with van der Waals surface area (Å²) in [5.41, 5.74) is 1.55. The van der Waals surface area contributed by atoms with Gasteiger partial charge in [-0.3, -0.25) is 4.79 Å². The van der Waals surface area contributed by atoms with E-state index in [0.29, 0.717) is 24.5 Å². The van der Waals surface area contributed by atoms with Crippen LogP contribution >= 0.6 is 0 Å². The molecule has 2 aromatic carbocycles. The standard InChI is InChI=1S/C20H20N2O4S/c23-20(26-14-15-7-2-1-3-8-15)16-9-6-12-22(13-16)19-17-10-4-5-11-18(17)27(24,25)21-19/h1-5,7-8,10-11,16H,6,9,12-14H2/t16-/m1/s1. The van der Waals surface area contributed by atoms with Crippen molar-refractivity contribution >= 4 is 21.8 Å². The number of ether oxygens (including phenoxy) is 1. The summed E-state index contributed by atoms with van der Waals surface area (Å²) in [6, 6.07) is 16.4. The fourth-order valence-electron chi connectivity index (χ4n) is 3.53. The van der Waals surface area contributed by atoms with Crippen LogP contribution in [0.5, 0.6) is 0 Å². The van der Waals surface area contributed by atoms with E-state index in [0.717, 1.165) is 18.4 Å². The zero-order chi connectivity index (χ0) is 18.9. The Bertz CT molecular complexity index is 986. The van der Waals surface area contributed by atoms with E-state index in [1.807, 2.05) is 35.2 Å². The van der Waals surface area contributed by atoms with Gasteiger partial charge in [0.2, 0.25) is 0 Å². The molecule has 7 heteroatoms. The van der Waals surface area contributed by atoms with Crippen LogP contribution < -0.4 is 0 Å². The van der Waals surface area contributed by atoms with Crippen LogP contribution in [0, 0.1) is 5.92 Å². The molecule has 4 rings (SSSR count). The molecular weight excluding hydrogens is 364 g/mol. The zero-order valence-electron chi connectivity index (χ0n) is 14.7. The zero-order valence-corrected chi connectivity index (χ0v) is 15.6. The highest BCUT2D eigenvalue weighted by Crippen LogP contribution is 2.30. The highest BCUT2D eigenvalue weighted by atomic mass is 32.2. The molecule has 27 heavy (non-hydrogen) atoms. The van der Waals surface area contributed by atoms with Crippen LogP contribution in [0.4, 0.5) is 0 Å². The van der Waals surface area contributed by atoms with E-state index in [1.54, 1.807) is 24.3 Å². The SMILES string of the molecule is O=C(OCc1ccccc1)[C@@H]1CCCN(C2=NS(=O)(=O)c3ccccc32)C1. The number of carbonyl (C=O) groups is 1. The maximum atomic E-state index is 12.5. The van der Waals surface area contributed by atoms with Crippen molar-refractivity contribution in [1.29, 1.82) is 0 Å². The number of fused-ring (bicyclic) bond motifs is 1. The fraction of sp³-hybridized carbons (Fsp3) is 0.300. The monoisotopic (exact) mass is 384 g/mol. The first kappa shape index (κ1) is 17.7. The van der Waals surface area contributed by atoms with Crippen molar-refractivity contribution in [1.82, 2.24) is 4.90 Å². The molecule has 6 nitrogen and oxygen atoms in total. The van der Waals surface area contributed by atoms with E-state index < -0.39 is 10.0 Å². The number of piperidine rings is 1. The van der Waals surface area contributed by atoms with Crippen LogP contribution in [0.15, 0.2) is 63.9 Å². The Kier molecular flexibility index (Phi) is 4.70. The van der Waals surface area contributed by atoms with Gasteiger partial charge in [0, 0.05) is 18.7 Å². The van der Waals surface area contributed by atoms with Crippen LogP contribution in [0.25, 0.3) is 0 Å². The summed E-state index contributed by atoms with van der Waals surface area (Å²) < 4.78 is 34.0. The molecule has 1 saturated heterocycles. The second-order valence-electron chi connectivity index (χ2n) is 6.76. The summed E-state index contributed by atoms with van der Waals surface area (Å²) in [6.45, 7) is 1.33. The van der Waals surface area contributed by atoms with E-state index in [1.165, 1.54) is 0 Å². The number of nitrogens with zero attached hydrogens (tertiary/aromatic N) is 2. The molecule has 0 radical (unpaired) electrons. The van der Waals surface area contributed by atoms with Crippen LogP contribution in [0.1, 0.15) is 24.0 Å². The lowest BCUT2D eigenvalue weighted by atomic mass is 9.97. The number of amidine groups is 1. The molecule has 0 aromatic heterocycles. The Labute approximate surface area is 158 Å². The first-order valence-corrected chi connectivity index (χ1v) is 10.4. The van der Waals surface area contributed by atoms with Crippen molar-refractivity contribution in [2.75, 3.05) is 13.1 Å². The third kappa shape index (κ3) is 3.60. The normalized spacial score (nSPS) is 20.7. The van der Waals surface area contributed by atoms with Crippen molar-refractivity contribution in [3.63, 3.8) is 0 Å². The number of likely N-dealkylation sites (tertiary alicyclic amines) is 1. The van der Waals surface area contributed by atoms with E-state index in [4.69, 9.17) is 4.74 Å². The summed E-state index contributed by atoms with van der Waals surface area (Å²) in [6.07, 6.45) is 1.51. The fourth-order valence-corrected chi connectivity index (χ4v) is 4.75. The van der Waals surface area contributed by atoms with Gasteiger partial charge in [-0.25, -0.2) is 0 Å². The van der Waals surface area contributed by atoms with Gasteiger partial charge in [-0.2, -0.15) is 8.42 Å². The molecule has 0 amide bonds. The Hall–Kier alpha value is -2.67. The summed E-state index contributed by atoms with van der Waals surface area (Å²) >= 11 is 0. The first-order valence-electron chi connectivity index (χ1n) is 8.94. The average Bonchev–Trinajstić information content (AvgIpc) is 2.98. The van der Waals surface area contributed by atoms with E-state index in [2.05, 4.69) is 4.40 Å². The highest BCUT2D eigenvalue weighted by molar-refractivity contribution is 7.90. The molecule has 0 bridgehead atoms. The third-order valence-corrected chi connectivity index (χ3v) is 6.22. The minimum Gasteiger partial charge on any atom is -0.461 e. The molecule has 2 heterocycles. The molecule has 0 unspecified atom stereocenters. The topological polar surface area (TPSA) is 76.0 Å². The largest absolute Gasteiger partial charge is 0.461 e. The van der Waals surface area contributed by atoms with Gasteiger partial charge < -0.3 is 9.64 Å². The van der Waals surface area contributed by atoms with Crippen molar-refractivity contribution < 1.29 is 17.9 Å². The van der Waals surface area contributed by atoms with Crippen LogP contribution in [-0.4, -0.2) is 38.2 Å². The quantitative estimate of drug-likeness (QED) is 0.761. The van der Waals surface area contributed by atoms with E-state index >= 15 is 0 Å². The minimum atomic E-state index is -3.66. The van der Waals surface area contributed by atoms with E-state index in [-0.39, 0.29) is 23.4 Å². The number of hydrogen-bond donors (Lipinski definition) is 0. The van der Waals surface area contributed by atoms with E-state index in [9.17, 15) is 13.2 Å². The van der Waals surface area contributed by atoms with Gasteiger partial charge in [0.1, 0.15) is 11.5 Å². The summed E-state index contributed by atoms with van der Waals surface area (Å²) in [5, 5.41) is 0. The average molecular weight is 384 g/mol. The van der Waals surface area contributed by atoms with Crippen LogP contribution in [0.2, 0.25) is 0 Å². The molecule has 2 aliphatic heterocycles. The Morgan fingerprint density at radius 1 is 1.11 bits per heavy atom. The molecule has 140 valence electrons. The molecule has 2 aliphatic rings. The molecule has 1 atom stereocenters. The predicted molar refractivity (Wildman–Crippen MR) is 101 cm³/mol. The smallest absolute Gasteiger partial charge is 0.311 e. The number of benzene rings is 2. The Balaban J connectivity index is 1.47. The number of sulfonamides is 1. The Morgan fingerprint density at radius 2 is 1.85 bits per heavy atom. The maximum absolute atomic E-state index is 12.5. The molecular formula is C20H20N2O4S.